The van der Waals surface area contributed by atoms with E-state index >= 15 is 0 Å². The third-order valence-corrected chi connectivity index (χ3v) is 2.77. The van der Waals surface area contributed by atoms with E-state index in [2.05, 4.69) is 10.8 Å². The molecule has 0 aromatic heterocycles. The van der Waals surface area contributed by atoms with Crippen molar-refractivity contribution in [2.24, 2.45) is 5.92 Å². The molecule has 0 aliphatic carbocycles. The number of hydrogen-bond acceptors (Lipinski definition) is 2. The van der Waals surface area contributed by atoms with Crippen LogP contribution in [0.5, 0.6) is 0 Å². The summed E-state index contributed by atoms with van der Waals surface area (Å²) in [5, 5.41) is 0. The predicted octanol–water partition coefficient (Wildman–Crippen LogP) is 1.44. The third-order valence-electron chi connectivity index (χ3n) is 2.77. The van der Waals surface area contributed by atoms with Crippen LogP contribution in [0.25, 0.3) is 0 Å². The number of halogens is 1. The first-order valence-corrected chi connectivity index (χ1v) is 5.15. The van der Waals surface area contributed by atoms with Gasteiger partial charge in [-0.1, -0.05) is 12.0 Å². The number of benzene rings is 1. The molecular weight excluding hydrogens is 205 g/mol. The van der Waals surface area contributed by atoms with Crippen LogP contribution in [0.4, 0.5) is 4.39 Å². The molecule has 1 fully saturated rings. The van der Waals surface area contributed by atoms with Crippen LogP contribution in [0, 0.1) is 24.1 Å². The third kappa shape index (κ3) is 2.12. The van der Waals surface area contributed by atoms with Crippen LogP contribution in [0.15, 0.2) is 18.2 Å². The Labute approximate surface area is 94.1 Å². The number of likely N-dealkylation sites (tertiary alicyclic amines) is 1. The van der Waals surface area contributed by atoms with Crippen molar-refractivity contribution >= 4 is 6.29 Å². The van der Waals surface area contributed by atoms with Gasteiger partial charge in [0, 0.05) is 25.6 Å². The molecule has 1 heterocycles. The molecule has 1 aromatic carbocycles. The maximum Gasteiger partial charge on any atom is 0.139 e. The SMILES string of the molecule is C#Cc1ccc(CN2CC(C=O)C2)cc1F. The second-order valence-electron chi connectivity index (χ2n) is 4.05. The lowest BCUT2D eigenvalue weighted by Crippen LogP contribution is -2.46. The summed E-state index contributed by atoms with van der Waals surface area (Å²) in [6.07, 6.45) is 6.11. The lowest BCUT2D eigenvalue weighted by molar-refractivity contribution is -0.115. The first-order valence-electron chi connectivity index (χ1n) is 5.15. The van der Waals surface area contributed by atoms with Crippen LogP contribution >= 0.6 is 0 Å². The largest absolute Gasteiger partial charge is 0.303 e. The van der Waals surface area contributed by atoms with E-state index in [9.17, 15) is 9.18 Å². The summed E-state index contributed by atoms with van der Waals surface area (Å²) in [4.78, 5) is 12.5. The maximum absolute atomic E-state index is 13.3. The Balaban J connectivity index is 1.99. The normalized spacial score (nSPS) is 16.5. The van der Waals surface area contributed by atoms with E-state index in [1.54, 1.807) is 6.07 Å². The van der Waals surface area contributed by atoms with Gasteiger partial charge in [0.25, 0.3) is 0 Å². The Morgan fingerprint density at radius 1 is 1.56 bits per heavy atom. The van der Waals surface area contributed by atoms with Gasteiger partial charge in [-0.3, -0.25) is 4.90 Å². The standard InChI is InChI=1S/C13H12FNO/c1-2-12-4-3-10(5-13(12)14)6-15-7-11(8-15)9-16/h1,3-5,9,11H,6-8H2. The van der Waals surface area contributed by atoms with Crippen LogP contribution in [0.2, 0.25) is 0 Å². The molecule has 82 valence electrons. The number of carbonyl (C=O) groups excluding carboxylic acids is 1. The fraction of sp³-hybridized carbons (Fsp3) is 0.308. The molecule has 3 heteroatoms. The second-order valence-corrected chi connectivity index (χ2v) is 4.05. The first-order chi connectivity index (χ1) is 7.72. The molecule has 0 saturated carbocycles. The molecule has 2 nitrogen and oxygen atoms in total. The average Bonchev–Trinajstić information content (AvgIpc) is 2.23. The van der Waals surface area contributed by atoms with Crippen LogP contribution in [0.3, 0.4) is 0 Å². The van der Waals surface area contributed by atoms with E-state index in [0.29, 0.717) is 6.54 Å². The van der Waals surface area contributed by atoms with Crippen LogP contribution in [0.1, 0.15) is 11.1 Å². The Hall–Kier alpha value is -1.66. The molecule has 2 rings (SSSR count). The predicted molar refractivity (Wildman–Crippen MR) is 59.2 cm³/mol. The van der Waals surface area contributed by atoms with Gasteiger partial charge in [0.05, 0.1) is 5.56 Å². The molecule has 0 bridgehead atoms. The number of carbonyl (C=O) groups is 1. The summed E-state index contributed by atoms with van der Waals surface area (Å²) in [7, 11) is 0. The van der Waals surface area contributed by atoms with Gasteiger partial charge in [0.2, 0.25) is 0 Å². The van der Waals surface area contributed by atoms with Crippen LogP contribution in [-0.4, -0.2) is 24.3 Å². The van der Waals surface area contributed by atoms with Crippen LogP contribution < -0.4 is 0 Å². The van der Waals surface area contributed by atoms with Gasteiger partial charge in [-0.15, -0.1) is 6.42 Å². The van der Waals surface area contributed by atoms with Gasteiger partial charge in [-0.05, 0) is 17.7 Å². The minimum atomic E-state index is -0.354. The molecule has 0 radical (unpaired) electrons. The number of aldehydes is 1. The van der Waals surface area contributed by atoms with E-state index in [1.807, 2.05) is 6.07 Å². The molecule has 1 aliphatic heterocycles. The molecule has 0 spiro atoms. The van der Waals surface area contributed by atoms with Gasteiger partial charge in [0.1, 0.15) is 12.1 Å². The minimum Gasteiger partial charge on any atom is -0.303 e. The lowest BCUT2D eigenvalue weighted by atomic mass is 10.0. The molecule has 0 amide bonds. The van der Waals surface area contributed by atoms with E-state index < -0.39 is 0 Å². The number of terminal acetylenes is 1. The smallest absolute Gasteiger partial charge is 0.139 e. The molecule has 1 aliphatic rings. The van der Waals surface area contributed by atoms with E-state index in [4.69, 9.17) is 6.42 Å². The Morgan fingerprint density at radius 2 is 2.31 bits per heavy atom. The molecule has 0 atom stereocenters. The van der Waals surface area contributed by atoms with Crippen molar-refractivity contribution in [3.05, 3.63) is 35.1 Å². The van der Waals surface area contributed by atoms with Crippen molar-refractivity contribution in [1.29, 1.82) is 0 Å². The van der Waals surface area contributed by atoms with Gasteiger partial charge in [-0.25, -0.2) is 4.39 Å². The monoisotopic (exact) mass is 217 g/mol. The van der Waals surface area contributed by atoms with Gasteiger partial charge in [-0.2, -0.15) is 0 Å². The Kier molecular flexibility index (Phi) is 3.02. The highest BCUT2D eigenvalue weighted by Gasteiger charge is 2.25. The molecule has 0 N–H and O–H groups in total. The van der Waals surface area contributed by atoms with Crippen molar-refractivity contribution < 1.29 is 9.18 Å². The zero-order valence-electron chi connectivity index (χ0n) is 8.82. The fourth-order valence-electron chi connectivity index (χ4n) is 1.86. The van der Waals surface area contributed by atoms with Gasteiger partial charge >= 0.3 is 0 Å². The van der Waals surface area contributed by atoms with Crippen molar-refractivity contribution in [2.75, 3.05) is 13.1 Å². The summed E-state index contributed by atoms with van der Waals surface area (Å²) >= 11 is 0. The summed E-state index contributed by atoms with van der Waals surface area (Å²) in [6.45, 7) is 2.20. The lowest BCUT2D eigenvalue weighted by Gasteiger charge is -2.36. The van der Waals surface area contributed by atoms with Crippen LogP contribution in [-0.2, 0) is 11.3 Å². The number of hydrogen-bond donors (Lipinski definition) is 0. The zero-order valence-corrected chi connectivity index (χ0v) is 8.82. The van der Waals surface area contributed by atoms with E-state index in [1.165, 1.54) is 6.07 Å². The van der Waals surface area contributed by atoms with E-state index in [-0.39, 0.29) is 17.3 Å². The molecule has 0 unspecified atom stereocenters. The Morgan fingerprint density at radius 3 is 2.88 bits per heavy atom. The topological polar surface area (TPSA) is 20.3 Å². The summed E-state index contributed by atoms with van der Waals surface area (Å²) < 4.78 is 13.3. The number of nitrogens with zero attached hydrogens (tertiary/aromatic N) is 1. The highest BCUT2D eigenvalue weighted by atomic mass is 19.1. The quantitative estimate of drug-likeness (QED) is 0.564. The Bertz CT molecular complexity index is 444. The summed E-state index contributed by atoms with van der Waals surface area (Å²) in [6, 6.07) is 4.90. The summed E-state index contributed by atoms with van der Waals surface area (Å²) in [5.41, 5.74) is 1.18. The highest BCUT2D eigenvalue weighted by Crippen LogP contribution is 2.18. The van der Waals surface area contributed by atoms with Crippen molar-refractivity contribution in [3.8, 4) is 12.3 Å². The summed E-state index contributed by atoms with van der Waals surface area (Å²) in [5.74, 6) is 2.08. The van der Waals surface area contributed by atoms with Gasteiger partial charge in [0.15, 0.2) is 0 Å². The highest BCUT2D eigenvalue weighted by molar-refractivity contribution is 5.55. The molecule has 1 saturated heterocycles. The molecule has 16 heavy (non-hydrogen) atoms. The van der Waals surface area contributed by atoms with Crippen molar-refractivity contribution in [3.63, 3.8) is 0 Å². The van der Waals surface area contributed by atoms with Crippen molar-refractivity contribution in [2.45, 2.75) is 6.54 Å². The van der Waals surface area contributed by atoms with E-state index in [0.717, 1.165) is 24.9 Å². The van der Waals surface area contributed by atoms with Crippen molar-refractivity contribution in [1.82, 2.24) is 4.90 Å². The average molecular weight is 217 g/mol. The maximum atomic E-state index is 13.3. The molecular formula is C13H12FNO. The minimum absolute atomic E-state index is 0.148. The van der Waals surface area contributed by atoms with Gasteiger partial charge < -0.3 is 4.79 Å². The first kappa shape index (κ1) is 10.8. The fourth-order valence-corrected chi connectivity index (χ4v) is 1.86. The number of rotatable bonds is 3. The molecule has 1 aromatic rings. The zero-order chi connectivity index (χ0) is 11.5. The second kappa shape index (κ2) is 4.46.